The van der Waals surface area contributed by atoms with Crippen LogP contribution in [-0.4, -0.2) is 39.6 Å². The van der Waals surface area contributed by atoms with E-state index in [0.29, 0.717) is 34.8 Å². The number of cyclic esters (lactones) is 1. The first-order valence-corrected chi connectivity index (χ1v) is 12.2. The lowest BCUT2D eigenvalue weighted by atomic mass is 9.85. The van der Waals surface area contributed by atoms with E-state index in [1.807, 2.05) is 6.21 Å². The zero-order chi connectivity index (χ0) is 23.9. The maximum Gasteiger partial charge on any atom is 0.343 e. The second-order valence-electron chi connectivity index (χ2n) is 8.99. The lowest BCUT2D eigenvalue weighted by Crippen LogP contribution is -2.44. The number of fused-ring (bicyclic) bond motifs is 5. The van der Waals surface area contributed by atoms with Gasteiger partial charge in [-0.1, -0.05) is 6.92 Å². The molecular formula is C25H22FN3O4S. The van der Waals surface area contributed by atoms with E-state index in [-0.39, 0.29) is 41.4 Å². The Labute approximate surface area is 198 Å². The summed E-state index contributed by atoms with van der Waals surface area (Å²) in [5, 5.41) is 12.0. The van der Waals surface area contributed by atoms with Crippen molar-refractivity contribution in [2.75, 3.05) is 12.8 Å². The molecule has 1 aromatic carbocycles. The van der Waals surface area contributed by atoms with Gasteiger partial charge in [0.2, 0.25) is 0 Å². The summed E-state index contributed by atoms with van der Waals surface area (Å²) in [7, 11) is 1.73. The van der Waals surface area contributed by atoms with Gasteiger partial charge in [0, 0.05) is 52.4 Å². The summed E-state index contributed by atoms with van der Waals surface area (Å²) in [5.74, 6) is -0.381. The molecule has 2 aromatic heterocycles. The van der Waals surface area contributed by atoms with Crippen LogP contribution >= 0.6 is 11.8 Å². The number of ether oxygens (including phenoxy) is 1. The minimum Gasteiger partial charge on any atom is -0.458 e. The molecule has 5 heterocycles. The van der Waals surface area contributed by atoms with Crippen LogP contribution in [0.2, 0.25) is 0 Å². The number of halogens is 1. The van der Waals surface area contributed by atoms with Gasteiger partial charge in [-0.2, -0.15) is 0 Å². The van der Waals surface area contributed by atoms with Gasteiger partial charge in [0.25, 0.3) is 5.56 Å². The predicted molar refractivity (Wildman–Crippen MR) is 127 cm³/mol. The molecule has 1 N–H and O–H groups in total. The van der Waals surface area contributed by atoms with Crippen LogP contribution in [0.5, 0.6) is 0 Å². The van der Waals surface area contributed by atoms with E-state index in [1.165, 1.54) is 6.07 Å². The highest BCUT2D eigenvalue weighted by atomic mass is 32.2. The first-order chi connectivity index (χ1) is 16.3. The van der Waals surface area contributed by atoms with E-state index in [1.54, 1.807) is 43.3 Å². The van der Waals surface area contributed by atoms with Crippen molar-refractivity contribution in [3.05, 3.63) is 56.1 Å². The fraction of sp³-hybridized carbons (Fsp3) is 0.360. The van der Waals surface area contributed by atoms with E-state index in [2.05, 4.69) is 4.99 Å². The smallest absolute Gasteiger partial charge is 0.343 e. The van der Waals surface area contributed by atoms with Crippen molar-refractivity contribution in [3.8, 4) is 11.4 Å². The zero-order valence-corrected chi connectivity index (χ0v) is 19.8. The van der Waals surface area contributed by atoms with Crippen molar-refractivity contribution >= 4 is 34.8 Å². The maximum atomic E-state index is 14.8. The molecule has 2 atom stereocenters. The largest absolute Gasteiger partial charge is 0.458 e. The monoisotopic (exact) mass is 479 g/mol. The molecule has 6 rings (SSSR count). The Balaban J connectivity index is 1.70. The lowest BCUT2D eigenvalue weighted by Gasteiger charge is -2.31. The molecule has 9 heteroatoms. The number of esters is 1. The average Bonchev–Trinajstić information content (AvgIpc) is 3.19. The SMILES string of the molecule is CC[C@@]1(O)C(=O)OCc2c1cc1n(c2=O)Cc2c-1nc1cc(F)c(C)c3c1c2C(/C=N/C)CS3. The highest BCUT2D eigenvalue weighted by molar-refractivity contribution is 7.99. The molecule has 0 saturated carbocycles. The quantitative estimate of drug-likeness (QED) is 0.350. The molecule has 0 aliphatic carbocycles. The number of carbonyl (C=O) groups is 1. The van der Waals surface area contributed by atoms with Gasteiger partial charge in [0.1, 0.15) is 12.4 Å². The standard InChI is InChI=1S/C25H22FN3O4S/c1-4-25(32)15-5-18-21-13(8-29(18)23(30)14(15)9-33-24(25)31)19-12(7-27-3)10-34-22-11(2)16(26)6-17(28-21)20(19)22/h5-7,12,32H,4,8-10H2,1-3H3/b27-7+/t12?,25-/m0/s1. The number of aliphatic imine (C=N–C) groups is 1. The number of rotatable bonds is 2. The number of carbonyl (C=O) groups excluding carboxylic acids is 1. The van der Waals surface area contributed by atoms with Crippen LogP contribution in [0, 0.1) is 12.7 Å². The number of hydrogen-bond donors (Lipinski definition) is 1. The highest BCUT2D eigenvalue weighted by Crippen LogP contribution is 2.48. The second-order valence-corrected chi connectivity index (χ2v) is 10.0. The van der Waals surface area contributed by atoms with Gasteiger partial charge in [-0.3, -0.25) is 4.79 Å². The highest BCUT2D eigenvalue weighted by Gasteiger charge is 2.45. The van der Waals surface area contributed by atoms with Crippen molar-refractivity contribution in [2.24, 2.45) is 4.99 Å². The number of pyridine rings is 2. The van der Waals surface area contributed by atoms with Crippen LogP contribution in [0.1, 0.15) is 47.1 Å². The topological polar surface area (TPSA) is 93.8 Å². The number of thioether (sulfide) groups is 1. The summed E-state index contributed by atoms with van der Waals surface area (Å²) < 4.78 is 21.6. The third-order valence-corrected chi connectivity index (χ3v) is 8.59. The van der Waals surface area contributed by atoms with Crippen molar-refractivity contribution < 1.29 is 19.0 Å². The van der Waals surface area contributed by atoms with Crippen molar-refractivity contribution in [1.29, 1.82) is 0 Å². The van der Waals surface area contributed by atoms with Gasteiger partial charge >= 0.3 is 5.97 Å². The molecule has 0 amide bonds. The minimum atomic E-state index is -1.89. The van der Waals surface area contributed by atoms with Crippen LogP contribution in [0.4, 0.5) is 4.39 Å². The number of aliphatic hydroxyl groups is 1. The molecule has 0 spiro atoms. The summed E-state index contributed by atoms with van der Waals surface area (Å²) in [5.41, 5.74) is 2.49. The van der Waals surface area contributed by atoms with Gasteiger partial charge in [0.15, 0.2) is 5.60 Å². The molecule has 3 aliphatic rings. The summed E-state index contributed by atoms with van der Waals surface area (Å²) in [6, 6.07) is 3.13. The lowest BCUT2D eigenvalue weighted by molar-refractivity contribution is -0.172. The summed E-state index contributed by atoms with van der Waals surface area (Å²) in [4.78, 5) is 35.9. The maximum absolute atomic E-state index is 14.8. The Morgan fingerprint density at radius 1 is 1.38 bits per heavy atom. The van der Waals surface area contributed by atoms with Gasteiger partial charge < -0.3 is 19.4 Å². The fourth-order valence-electron chi connectivity index (χ4n) is 5.45. The van der Waals surface area contributed by atoms with Gasteiger partial charge in [-0.25, -0.2) is 14.2 Å². The molecule has 3 aliphatic heterocycles. The first kappa shape index (κ1) is 21.5. The summed E-state index contributed by atoms with van der Waals surface area (Å²) in [6.07, 6.45) is 1.97. The molecule has 3 aromatic rings. The Morgan fingerprint density at radius 3 is 2.91 bits per heavy atom. The number of aromatic nitrogens is 2. The van der Waals surface area contributed by atoms with Gasteiger partial charge in [-0.15, -0.1) is 11.8 Å². The molecule has 174 valence electrons. The van der Waals surface area contributed by atoms with Crippen LogP contribution in [0.3, 0.4) is 0 Å². The molecular weight excluding hydrogens is 457 g/mol. The Kier molecular flexibility index (Phi) is 4.57. The Bertz CT molecular complexity index is 1530. The first-order valence-electron chi connectivity index (χ1n) is 11.2. The third kappa shape index (κ3) is 2.62. The normalized spacial score (nSPS) is 22.6. The van der Waals surface area contributed by atoms with Gasteiger partial charge in [-0.05, 0) is 30.5 Å². The summed E-state index contributed by atoms with van der Waals surface area (Å²) >= 11 is 1.60. The molecule has 0 radical (unpaired) electrons. The number of nitrogens with zero attached hydrogens (tertiary/aromatic N) is 3. The molecule has 0 fully saturated rings. The predicted octanol–water partition coefficient (Wildman–Crippen LogP) is 3.42. The van der Waals surface area contributed by atoms with E-state index >= 15 is 0 Å². The zero-order valence-electron chi connectivity index (χ0n) is 18.9. The van der Waals surface area contributed by atoms with E-state index in [0.717, 1.165) is 21.4 Å². The van der Waals surface area contributed by atoms with E-state index < -0.39 is 11.6 Å². The Morgan fingerprint density at radius 2 is 2.18 bits per heavy atom. The summed E-state index contributed by atoms with van der Waals surface area (Å²) in [6.45, 7) is 3.58. The van der Waals surface area contributed by atoms with Gasteiger partial charge in [0.05, 0.1) is 29.0 Å². The van der Waals surface area contributed by atoms with Crippen LogP contribution < -0.4 is 5.56 Å². The molecule has 34 heavy (non-hydrogen) atoms. The average molecular weight is 480 g/mol. The fourth-order valence-corrected chi connectivity index (χ4v) is 6.73. The second kappa shape index (κ2) is 7.23. The van der Waals surface area contributed by atoms with Crippen LogP contribution in [-0.2, 0) is 28.3 Å². The number of benzene rings is 1. The van der Waals surface area contributed by atoms with Crippen molar-refractivity contribution in [2.45, 2.75) is 49.8 Å². The Hall–Kier alpha value is -3.04. The molecule has 1 unspecified atom stereocenters. The van der Waals surface area contributed by atoms with Crippen LogP contribution in [0.15, 0.2) is 26.8 Å². The van der Waals surface area contributed by atoms with E-state index in [9.17, 15) is 19.1 Å². The van der Waals surface area contributed by atoms with Crippen LogP contribution in [0.25, 0.3) is 22.3 Å². The molecule has 0 saturated heterocycles. The molecule has 7 nitrogen and oxygen atoms in total. The third-order valence-electron chi connectivity index (χ3n) is 7.27. The van der Waals surface area contributed by atoms with Crippen molar-refractivity contribution in [3.63, 3.8) is 0 Å². The minimum absolute atomic E-state index is 0.0104. The van der Waals surface area contributed by atoms with E-state index in [4.69, 9.17) is 9.72 Å². The molecule has 0 bridgehead atoms. The number of hydrogen-bond acceptors (Lipinski definition) is 7. The van der Waals surface area contributed by atoms with Crippen molar-refractivity contribution in [1.82, 2.24) is 9.55 Å².